The fourth-order valence-corrected chi connectivity index (χ4v) is 4.02. The monoisotopic (exact) mass is 425 g/mol. The summed E-state index contributed by atoms with van der Waals surface area (Å²) in [5.74, 6) is 3.29. The third kappa shape index (κ3) is 3.83. The van der Waals surface area contributed by atoms with Crippen LogP contribution in [0.5, 0.6) is 17.2 Å². The first kappa shape index (κ1) is 20.8. The maximum atomic E-state index is 13.2. The summed E-state index contributed by atoms with van der Waals surface area (Å²) in [6.45, 7) is 6.49. The minimum atomic E-state index is -0.0611. The zero-order valence-electron chi connectivity index (χ0n) is 18.5. The van der Waals surface area contributed by atoms with Crippen molar-refractivity contribution >= 4 is 22.6 Å². The highest BCUT2D eigenvalue weighted by atomic mass is 16.5. The average molecular weight is 425 g/mol. The van der Waals surface area contributed by atoms with Gasteiger partial charge in [0.15, 0.2) is 11.5 Å². The number of nitrogens with zero attached hydrogens (tertiary/aromatic N) is 4. The summed E-state index contributed by atoms with van der Waals surface area (Å²) in [7, 11) is 4.73. The smallest absolute Gasteiger partial charge is 0.270 e. The number of methoxy groups -OCH3 is 3. The van der Waals surface area contributed by atoms with Crippen LogP contribution in [0.3, 0.4) is 0 Å². The Morgan fingerprint density at radius 2 is 1.65 bits per heavy atom. The highest BCUT2D eigenvalue weighted by Gasteiger charge is 2.26. The number of aromatic nitrogens is 3. The topological polar surface area (TPSA) is 92.8 Å². The first-order valence-corrected chi connectivity index (χ1v) is 10.1. The summed E-state index contributed by atoms with van der Waals surface area (Å²) in [6.07, 6.45) is 0. The maximum Gasteiger partial charge on any atom is 0.270 e. The van der Waals surface area contributed by atoms with Crippen LogP contribution in [0.25, 0.3) is 10.9 Å². The van der Waals surface area contributed by atoms with Gasteiger partial charge < -0.3 is 29.0 Å². The number of carbonyl (C=O) groups is 1. The van der Waals surface area contributed by atoms with E-state index < -0.39 is 0 Å². The molecule has 1 aliphatic rings. The van der Waals surface area contributed by atoms with Crippen LogP contribution in [0.15, 0.2) is 18.2 Å². The van der Waals surface area contributed by atoms with E-state index in [4.69, 9.17) is 14.2 Å². The maximum absolute atomic E-state index is 13.2. The molecule has 1 fully saturated rings. The molecule has 1 N–H and O–H groups in total. The molecule has 3 aromatic rings. The van der Waals surface area contributed by atoms with Crippen LogP contribution in [0.4, 0.5) is 5.82 Å². The lowest BCUT2D eigenvalue weighted by Crippen LogP contribution is -2.49. The van der Waals surface area contributed by atoms with Crippen LogP contribution >= 0.6 is 0 Å². The second-order valence-corrected chi connectivity index (χ2v) is 7.48. The molecule has 0 aliphatic carbocycles. The Morgan fingerprint density at radius 3 is 2.26 bits per heavy atom. The summed E-state index contributed by atoms with van der Waals surface area (Å²) in [5, 5.41) is 0.772. The number of amides is 1. The molecule has 9 nitrogen and oxygen atoms in total. The van der Waals surface area contributed by atoms with Gasteiger partial charge in [-0.25, -0.2) is 9.97 Å². The second-order valence-electron chi connectivity index (χ2n) is 7.48. The molecular formula is C22H27N5O4. The van der Waals surface area contributed by atoms with Gasteiger partial charge in [-0.2, -0.15) is 0 Å². The lowest BCUT2D eigenvalue weighted by atomic mass is 10.2. The van der Waals surface area contributed by atoms with Crippen LogP contribution in [-0.4, -0.2) is 73.3 Å². The number of rotatable bonds is 5. The number of carbonyl (C=O) groups excluding carboxylic acids is 1. The number of nitrogens with one attached hydrogen (secondary N) is 1. The van der Waals surface area contributed by atoms with Crippen LogP contribution in [0.2, 0.25) is 0 Å². The van der Waals surface area contributed by atoms with Gasteiger partial charge in [0.2, 0.25) is 0 Å². The number of aryl methyl sites for hydroxylation is 2. The van der Waals surface area contributed by atoms with Gasteiger partial charge in [-0.3, -0.25) is 4.79 Å². The lowest BCUT2D eigenvalue weighted by molar-refractivity contribution is 0.0741. The Kier molecular flexibility index (Phi) is 5.58. The molecule has 1 amide bonds. The molecule has 0 unspecified atom stereocenters. The van der Waals surface area contributed by atoms with Gasteiger partial charge in [0.05, 0.1) is 26.8 Å². The molecule has 1 aromatic carbocycles. The SMILES string of the molecule is COc1cc(OC)c2cc(C(=O)N3CCN(c4cc(C)nc(C)n4)CC3)[nH]c2c1OC. The van der Waals surface area contributed by atoms with E-state index in [0.29, 0.717) is 54.6 Å². The highest BCUT2D eigenvalue weighted by Crippen LogP contribution is 2.41. The van der Waals surface area contributed by atoms with Crippen molar-refractivity contribution in [2.45, 2.75) is 13.8 Å². The molecule has 2 aromatic heterocycles. The first-order valence-electron chi connectivity index (χ1n) is 10.1. The second kappa shape index (κ2) is 8.33. The molecule has 31 heavy (non-hydrogen) atoms. The molecule has 3 heterocycles. The Balaban J connectivity index is 1.56. The summed E-state index contributed by atoms with van der Waals surface area (Å²) in [4.78, 5) is 29.3. The number of H-pyrrole nitrogens is 1. The predicted molar refractivity (Wildman–Crippen MR) is 118 cm³/mol. The number of benzene rings is 1. The van der Waals surface area contributed by atoms with E-state index in [1.165, 1.54) is 0 Å². The number of fused-ring (bicyclic) bond motifs is 1. The van der Waals surface area contributed by atoms with Gasteiger partial charge >= 0.3 is 0 Å². The number of hydrogen-bond donors (Lipinski definition) is 1. The molecule has 9 heteroatoms. The third-order valence-electron chi connectivity index (χ3n) is 5.51. The van der Waals surface area contributed by atoms with E-state index in [1.807, 2.05) is 30.9 Å². The average Bonchev–Trinajstić information content (AvgIpc) is 3.22. The van der Waals surface area contributed by atoms with E-state index in [0.717, 1.165) is 22.7 Å². The van der Waals surface area contributed by atoms with E-state index >= 15 is 0 Å². The fourth-order valence-electron chi connectivity index (χ4n) is 4.02. The van der Waals surface area contributed by atoms with Gasteiger partial charge in [0.25, 0.3) is 5.91 Å². The quantitative estimate of drug-likeness (QED) is 0.672. The van der Waals surface area contributed by atoms with Crippen molar-refractivity contribution < 1.29 is 19.0 Å². The first-order chi connectivity index (χ1) is 14.9. The Hall–Kier alpha value is -3.49. The summed E-state index contributed by atoms with van der Waals surface area (Å²) in [6, 6.07) is 5.55. The summed E-state index contributed by atoms with van der Waals surface area (Å²) in [5.41, 5.74) is 2.10. The highest BCUT2D eigenvalue weighted by molar-refractivity contribution is 6.02. The van der Waals surface area contributed by atoms with Crippen molar-refractivity contribution in [1.29, 1.82) is 0 Å². The van der Waals surface area contributed by atoms with Crippen molar-refractivity contribution in [1.82, 2.24) is 19.9 Å². The predicted octanol–water partition coefficient (Wildman–Crippen LogP) is 2.56. The van der Waals surface area contributed by atoms with Crippen LogP contribution < -0.4 is 19.1 Å². The minimum absolute atomic E-state index is 0.0611. The largest absolute Gasteiger partial charge is 0.496 e. The van der Waals surface area contributed by atoms with E-state index in [1.54, 1.807) is 27.4 Å². The Labute approximate surface area is 180 Å². The van der Waals surface area contributed by atoms with E-state index in [-0.39, 0.29) is 5.91 Å². The van der Waals surface area contributed by atoms with Gasteiger partial charge in [-0.15, -0.1) is 0 Å². The van der Waals surface area contributed by atoms with Crippen LogP contribution in [-0.2, 0) is 0 Å². The van der Waals surface area contributed by atoms with Gasteiger partial charge in [0.1, 0.15) is 23.1 Å². The molecule has 0 atom stereocenters. The molecule has 164 valence electrons. The molecule has 0 radical (unpaired) electrons. The van der Waals surface area contributed by atoms with Crippen LogP contribution in [0.1, 0.15) is 22.0 Å². The molecular weight excluding hydrogens is 398 g/mol. The number of aromatic amines is 1. The molecule has 0 spiro atoms. The minimum Gasteiger partial charge on any atom is -0.496 e. The fraction of sp³-hybridized carbons (Fsp3) is 0.409. The molecule has 1 aliphatic heterocycles. The number of anilines is 1. The zero-order chi connectivity index (χ0) is 22.1. The lowest BCUT2D eigenvalue weighted by Gasteiger charge is -2.35. The van der Waals surface area contributed by atoms with Crippen molar-refractivity contribution in [2.24, 2.45) is 0 Å². The van der Waals surface area contributed by atoms with Gasteiger partial charge in [-0.05, 0) is 19.9 Å². The molecule has 0 saturated carbocycles. The Morgan fingerprint density at radius 1 is 0.935 bits per heavy atom. The van der Waals surface area contributed by atoms with Crippen molar-refractivity contribution in [3.63, 3.8) is 0 Å². The van der Waals surface area contributed by atoms with Gasteiger partial charge in [0, 0.05) is 49.4 Å². The molecule has 1 saturated heterocycles. The number of hydrogen-bond acceptors (Lipinski definition) is 7. The van der Waals surface area contributed by atoms with Crippen molar-refractivity contribution in [3.05, 3.63) is 35.4 Å². The van der Waals surface area contributed by atoms with Crippen molar-refractivity contribution in [2.75, 3.05) is 52.4 Å². The normalized spacial score (nSPS) is 14.1. The zero-order valence-corrected chi connectivity index (χ0v) is 18.5. The van der Waals surface area contributed by atoms with E-state index in [9.17, 15) is 4.79 Å². The standard InChI is InChI=1S/C22H27N5O4/c1-13-10-19(24-14(2)23-13)26-6-8-27(9-7-26)22(28)16-11-15-17(29-3)12-18(30-4)21(31-5)20(15)25-16/h10-12,25H,6-9H2,1-5H3. The number of piperazine rings is 1. The summed E-state index contributed by atoms with van der Waals surface area (Å²) < 4.78 is 16.4. The van der Waals surface area contributed by atoms with Crippen molar-refractivity contribution in [3.8, 4) is 17.2 Å². The third-order valence-corrected chi connectivity index (χ3v) is 5.51. The van der Waals surface area contributed by atoms with Crippen LogP contribution in [0, 0.1) is 13.8 Å². The molecule has 4 rings (SSSR count). The number of ether oxygens (including phenoxy) is 3. The Bertz CT molecular complexity index is 1100. The summed E-state index contributed by atoms with van der Waals surface area (Å²) >= 11 is 0. The van der Waals surface area contributed by atoms with Gasteiger partial charge in [-0.1, -0.05) is 0 Å². The molecule has 0 bridgehead atoms. The van der Waals surface area contributed by atoms with E-state index in [2.05, 4.69) is 19.9 Å².